The van der Waals surface area contributed by atoms with Gasteiger partial charge in [0.05, 0.1) is 17.1 Å². The number of ether oxygens (including phenoxy) is 1. The van der Waals surface area contributed by atoms with Crippen LogP contribution in [0.5, 0.6) is 0 Å². The molecule has 0 unspecified atom stereocenters. The summed E-state index contributed by atoms with van der Waals surface area (Å²) in [6.45, 7) is 1.93. The molecule has 0 fully saturated rings. The fraction of sp³-hybridized carbons (Fsp3) is 0.222. The predicted octanol–water partition coefficient (Wildman–Crippen LogP) is 2.38. The van der Waals surface area contributed by atoms with Gasteiger partial charge in [-0.15, -0.1) is 0 Å². The molecule has 0 aliphatic rings. The van der Waals surface area contributed by atoms with Crippen LogP contribution in [-0.4, -0.2) is 17.5 Å². The molecule has 0 saturated heterocycles. The highest BCUT2D eigenvalue weighted by molar-refractivity contribution is 14.1. The summed E-state index contributed by atoms with van der Waals surface area (Å²) >= 11 is 1.77. The zero-order valence-electron chi connectivity index (χ0n) is 7.90. The maximum absolute atomic E-state index is 11.4. The van der Waals surface area contributed by atoms with Crippen LogP contribution in [0.1, 0.15) is 17.3 Å². The van der Waals surface area contributed by atoms with Crippen LogP contribution in [0.25, 0.3) is 0 Å². The normalized spacial score (nSPS) is 9.73. The number of hydrogen-bond acceptors (Lipinski definition) is 4. The number of benzene rings is 1. The number of carbonyl (C=O) groups is 1. The van der Waals surface area contributed by atoms with Crippen molar-refractivity contribution < 1.29 is 14.5 Å². The molecule has 0 amide bonds. The van der Waals surface area contributed by atoms with E-state index in [9.17, 15) is 14.9 Å². The molecule has 1 aromatic carbocycles. The van der Waals surface area contributed by atoms with Crippen LogP contribution in [0.2, 0.25) is 0 Å². The standard InChI is InChI=1S/C9H8INO4/c1-2-15-9(12)6-4-3-5-7(8(6)10)11(13)14/h3-5H,2H2,1H3. The van der Waals surface area contributed by atoms with Crippen molar-refractivity contribution in [3.05, 3.63) is 37.4 Å². The SMILES string of the molecule is CCOC(=O)c1cccc([N+](=O)[O-])c1I. The van der Waals surface area contributed by atoms with E-state index in [2.05, 4.69) is 0 Å². The molecule has 0 spiro atoms. The first-order chi connectivity index (χ1) is 7.07. The molecule has 0 aliphatic carbocycles. The Balaban J connectivity index is 3.15. The highest BCUT2D eigenvalue weighted by atomic mass is 127. The second-order valence-corrected chi connectivity index (χ2v) is 3.70. The molecule has 1 rings (SSSR count). The third kappa shape index (κ3) is 2.65. The van der Waals surface area contributed by atoms with Crippen LogP contribution in [-0.2, 0) is 4.74 Å². The summed E-state index contributed by atoms with van der Waals surface area (Å²) < 4.78 is 5.08. The predicted molar refractivity (Wildman–Crippen MR) is 61.8 cm³/mol. The third-order valence-electron chi connectivity index (χ3n) is 1.67. The largest absolute Gasteiger partial charge is 0.462 e. The lowest BCUT2D eigenvalue weighted by Crippen LogP contribution is -2.08. The number of esters is 1. The summed E-state index contributed by atoms with van der Waals surface area (Å²) in [5.41, 5.74) is 0.146. The monoisotopic (exact) mass is 321 g/mol. The van der Waals surface area contributed by atoms with Gasteiger partial charge in [-0.3, -0.25) is 10.1 Å². The van der Waals surface area contributed by atoms with Crippen molar-refractivity contribution in [3.63, 3.8) is 0 Å². The maximum atomic E-state index is 11.4. The molecular formula is C9H8INO4. The number of rotatable bonds is 3. The minimum absolute atomic E-state index is 0.0823. The van der Waals surface area contributed by atoms with Crippen molar-refractivity contribution in [1.82, 2.24) is 0 Å². The van der Waals surface area contributed by atoms with Gasteiger partial charge in [-0.25, -0.2) is 4.79 Å². The van der Waals surface area contributed by atoms with Gasteiger partial charge < -0.3 is 4.74 Å². The summed E-state index contributed by atoms with van der Waals surface area (Å²) in [6.07, 6.45) is 0. The average molecular weight is 321 g/mol. The Hall–Kier alpha value is -1.18. The Labute approximate surface area is 99.7 Å². The lowest BCUT2D eigenvalue weighted by Gasteiger charge is -2.03. The Kier molecular flexibility index (Phi) is 4.01. The molecule has 0 aliphatic heterocycles. The van der Waals surface area contributed by atoms with Crippen molar-refractivity contribution in [2.24, 2.45) is 0 Å². The van der Waals surface area contributed by atoms with Gasteiger partial charge >= 0.3 is 5.97 Å². The fourth-order valence-corrected chi connectivity index (χ4v) is 1.80. The van der Waals surface area contributed by atoms with Crippen LogP contribution in [0.3, 0.4) is 0 Å². The smallest absolute Gasteiger partial charge is 0.339 e. The zero-order valence-corrected chi connectivity index (χ0v) is 10.1. The van der Waals surface area contributed by atoms with Gasteiger partial charge in [0.1, 0.15) is 3.57 Å². The van der Waals surface area contributed by atoms with E-state index < -0.39 is 10.9 Å². The minimum atomic E-state index is -0.536. The van der Waals surface area contributed by atoms with Gasteiger partial charge in [0.25, 0.3) is 5.69 Å². The number of nitro groups is 1. The van der Waals surface area contributed by atoms with Crippen LogP contribution in [0.15, 0.2) is 18.2 Å². The molecule has 6 heteroatoms. The van der Waals surface area contributed by atoms with Crippen LogP contribution >= 0.6 is 22.6 Å². The summed E-state index contributed by atoms with van der Waals surface area (Å²) in [4.78, 5) is 21.5. The quantitative estimate of drug-likeness (QED) is 0.371. The molecule has 80 valence electrons. The van der Waals surface area contributed by atoms with E-state index in [1.165, 1.54) is 18.2 Å². The zero-order chi connectivity index (χ0) is 11.4. The van der Waals surface area contributed by atoms with E-state index in [1.54, 1.807) is 29.5 Å². The number of hydrogen-bond donors (Lipinski definition) is 0. The summed E-state index contributed by atoms with van der Waals surface area (Å²) in [5, 5.41) is 10.6. The third-order valence-corrected chi connectivity index (χ3v) is 2.80. The Morgan fingerprint density at radius 2 is 2.27 bits per heavy atom. The Morgan fingerprint density at radius 3 is 2.80 bits per heavy atom. The first kappa shape index (κ1) is 11.9. The first-order valence-corrected chi connectivity index (χ1v) is 5.25. The number of halogens is 1. The van der Waals surface area contributed by atoms with Crippen LogP contribution in [0, 0.1) is 13.7 Å². The van der Waals surface area contributed by atoms with E-state index in [1.807, 2.05) is 0 Å². The lowest BCUT2D eigenvalue weighted by atomic mass is 10.2. The van der Waals surface area contributed by atoms with Crippen molar-refractivity contribution >= 4 is 34.2 Å². The van der Waals surface area contributed by atoms with Crippen molar-refractivity contribution in [2.75, 3.05) is 6.61 Å². The summed E-state index contributed by atoms with van der Waals surface area (Å²) in [7, 11) is 0. The number of nitro benzene ring substituents is 1. The molecule has 0 heterocycles. The van der Waals surface area contributed by atoms with Gasteiger partial charge in [-0.2, -0.15) is 0 Å². The van der Waals surface area contributed by atoms with E-state index in [0.29, 0.717) is 3.57 Å². The Bertz CT molecular complexity index is 405. The number of nitrogens with zero attached hydrogens (tertiary/aromatic N) is 1. The average Bonchev–Trinajstić information content (AvgIpc) is 2.17. The fourth-order valence-electron chi connectivity index (χ4n) is 1.03. The topological polar surface area (TPSA) is 69.4 Å². The van der Waals surface area contributed by atoms with Gasteiger partial charge in [0, 0.05) is 6.07 Å². The highest BCUT2D eigenvalue weighted by Crippen LogP contribution is 2.24. The van der Waals surface area contributed by atoms with Gasteiger partial charge in [-0.05, 0) is 35.6 Å². The van der Waals surface area contributed by atoms with Crippen molar-refractivity contribution in [2.45, 2.75) is 6.92 Å². The second kappa shape index (κ2) is 5.06. The lowest BCUT2D eigenvalue weighted by molar-refractivity contribution is -0.385. The molecule has 0 saturated carbocycles. The highest BCUT2D eigenvalue weighted by Gasteiger charge is 2.19. The molecule has 0 aromatic heterocycles. The number of carbonyl (C=O) groups excluding carboxylic acids is 1. The molecule has 1 aromatic rings. The molecule has 5 nitrogen and oxygen atoms in total. The van der Waals surface area contributed by atoms with Crippen molar-refractivity contribution in [1.29, 1.82) is 0 Å². The van der Waals surface area contributed by atoms with E-state index >= 15 is 0 Å². The molecule has 0 N–H and O–H groups in total. The van der Waals surface area contributed by atoms with Crippen LogP contribution in [0.4, 0.5) is 5.69 Å². The molecule has 0 bridgehead atoms. The molecule has 15 heavy (non-hydrogen) atoms. The van der Waals surface area contributed by atoms with Gasteiger partial charge in [-0.1, -0.05) is 6.07 Å². The minimum Gasteiger partial charge on any atom is -0.462 e. The Morgan fingerprint density at radius 1 is 1.60 bits per heavy atom. The molecule has 0 radical (unpaired) electrons. The molecular weight excluding hydrogens is 313 g/mol. The van der Waals surface area contributed by atoms with E-state index in [-0.39, 0.29) is 17.9 Å². The van der Waals surface area contributed by atoms with Gasteiger partial charge in [0.15, 0.2) is 0 Å². The summed E-state index contributed by atoms with van der Waals surface area (Å²) in [5.74, 6) is -0.536. The second-order valence-electron chi connectivity index (χ2n) is 2.62. The maximum Gasteiger partial charge on any atom is 0.339 e. The van der Waals surface area contributed by atoms with Crippen molar-refractivity contribution in [3.8, 4) is 0 Å². The van der Waals surface area contributed by atoms with E-state index in [4.69, 9.17) is 4.74 Å². The first-order valence-electron chi connectivity index (χ1n) is 4.18. The van der Waals surface area contributed by atoms with E-state index in [0.717, 1.165) is 0 Å². The molecule has 0 atom stereocenters. The summed E-state index contributed by atoms with van der Waals surface area (Å²) in [6, 6.07) is 4.32. The van der Waals surface area contributed by atoms with Gasteiger partial charge in [0.2, 0.25) is 0 Å². The van der Waals surface area contributed by atoms with Crippen LogP contribution < -0.4 is 0 Å².